The highest BCUT2D eigenvalue weighted by Gasteiger charge is 2.17. The Bertz CT molecular complexity index is 1010. The van der Waals surface area contributed by atoms with Gasteiger partial charge in [-0.15, -0.1) is 0 Å². The van der Waals surface area contributed by atoms with Crippen LogP contribution in [0.25, 0.3) is 6.08 Å². The first kappa shape index (κ1) is 24.5. The van der Waals surface area contributed by atoms with Gasteiger partial charge in [0, 0.05) is 6.42 Å². The van der Waals surface area contributed by atoms with E-state index in [0.29, 0.717) is 11.5 Å². The molecule has 0 aliphatic carbocycles. The first-order valence-corrected chi connectivity index (χ1v) is 9.89. The number of hydrogen-bond donors (Lipinski definition) is 1. The molecule has 9 heteroatoms. The third kappa shape index (κ3) is 7.82. The quantitative estimate of drug-likeness (QED) is 0.357. The summed E-state index contributed by atoms with van der Waals surface area (Å²) >= 11 is 0. The topological polar surface area (TPSA) is 117 Å². The average Bonchev–Trinajstić information content (AvgIpc) is 2.74. The number of nitrogens with zero attached hydrogens (tertiary/aromatic N) is 2. The molecule has 0 spiro atoms. The van der Waals surface area contributed by atoms with Crippen molar-refractivity contribution in [2.75, 3.05) is 19.5 Å². The fraction of sp³-hybridized carbons (Fsp3) is 0.348. The lowest BCUT2D eigenvalue weighted by Gasteiger charge is -2.19. The van der Waals surface area contributed by atoms with Gasteiger partial charge < -0.3 is 19.5 Å². The van der Waals surface area contributed by atoms with Gasteiger partial charge in [0.15, 0.2) is 17.3 Å². The van der Waals surface area contributed by atoms with E-state index in [4.69, 9.17) is 14.2 Å². The Kier molecular flexibility index (Phi) is 8.46. The number of nitrogens with one attached hydrogen (secondary N) is 1. The minimum absolute atomic E-state index is 0.0617. The second-order valence-corrected chi connectivity index (χ2v) is 7.74. The van der Waals surface area contributed by atoms with Gasteiger partial charge in [-0.3, -0.25) is 19.4 Å². The van der Waals surface area contributed by atoms with Gasteiger partial charge in [0.2, 0.25) is 11.7 Å². The van der Waals surface area contributed by atoms with Crippen LogP contribution in [0.4, 0.5) is 5.82 Å². The van der Waals surface area contributed by atoms with Gasteiger partial charge in [-0.1, -0.05) is 12.1 Å². The summed E-state index contributed by atoms with van der Waals surface area (Å²) in [4.78, 5) is 44.3. The Labute approximate surface area is 186 Å². The highest BCUT2D eigenvalue weighted by Crippen LogP contribution is 2.28. The van der Waals surface area contributed by atoms with E-state index in [2.05, 4.69) is 15.3 Å². The molecule has 2 aromatic rings. The van der Waals surface area contributed by atoms with Crippen LogP contribution in [0.5, 0.6) is 11.5 Å². The molecule has 0 fully saturated rings. The van der Waals surface area contributed by atoms with Crippen LogP contribution < -0.4 is 14.8 Å². The van der Waals surface area contributed by atoms with Gasteiger partial charge in [0.25, 0.3) is 0 Å². The van der Waals surface area contributed by atoms with Crippen LogP contribution in [0.1, 0.15) is 49.7 Å². The fourth-order valence-corrected chi connectivity index (χ4v) is 2.57. The summed E-state index contributed by atoms with van der Waals surface area (Å²) in [5.74, 6) is -0.0600. The zero-order valence-electron chi connectivity index (χ0n) is 18.8. The minimum Gasteiger partial charge on any atom is -0.493 e. The lowest BCUT2D eigenvalue weighted by Crippen LogP contribution is -2.25. The molecule has 1 aromatic heterocycles. The number of rotatable bonds is 9. The maximum atomic E-state index is 12.5. The predicted octanol–water partition coefficient (Wildman–Crippen LogP) is 3.45. The Balaban J connectivity index is 1.98. The number of allylic oxidation sites excluding steroid dienone is 1. The van der Waals surface area contributed by atoms with E-state index in [1.54, 1.807) is 52.2 Å². The Morgan fingerprint density at radius 2 is 1.75 bits per heavy atom. The Morgan fingerprint density at radius 1 is 1.03 bits per heavy atom. The Hall–Kier alpha value is -3.75. The molecule has 0 unspecified atom stereocenters. The van der Waals surface area contributed by atoms with Crippen molar-refractivity contribution in [3.63, 3.8) is 0 Å². The molecule has 0 bridgehead atoms. The number of carbonyl (C=O) groups excluding carboxylic acids is 3. The number of carbonyl (C=O) groups is 3. The number of anilines is 1. The number of ether oxygens (including phenoxy) is 3. The Morgan fingerprint density at radius 3 is 2.41 bits per heavy atom. The first-order valence-electron chi connectivity index (χ1n) is 9.89. The van der Waals surface area contributed by atoms with Crippen LogP contribution in [0.2, 0.25) is 0 Å². The molecule has 9 nitrogen and oxygen atoms in total. The molecular weight excluding hydrogens is 414 g/mol. The van der Waals surface area contributed by atoms with Crippen LogP contribution in [-0.2, 0) is 14.3 Å². The van der Waals surface area contributed by atoms with Crippen molar-refractivity contribution in [1.29, 1.82) is 0 Å². The van der Waals surface area contributed by atoms with Crippen LogP contribution in [0.3, 0.4) is 0 Å². The summed E-state index contributed by atoms with van der Waals surface area (Å²) in [6.07, 6.45) is 5.44. The summed E-state index contributed by atoms with van der Waals surface area (Å²) < 4.78 is 15.6. The highest BCUT2D eigenvalue weighted by molar-refractivity contribution is 6.05. The van der Waals surface area contributed by atoms with Crippen LogP contribution in [0, 0.1) is 0 Å². The smallest absolute Gasteiger partial charge is 0.306 e. The van der Waals surface area contributed by atoms with Crippen molar-refractivity contribution in [3.8, 4) is 11.5 Å². The van der Waals surface area contributed by atoms with Gasteiger partial charge in [-0.25, -0.2) is 4.98 Å². The second kappa shape index (κ2) is 11.0. The molecule has 0 aliphatic heterocycles. The van der Waals surface area contributed by atoms with Gasteiger partial charge in [0.05, 0.1) is 33.0 Å². The van der Waals surface area contributed by atoms with Crippen molar-refractivity contribution in [2.24, 2.45) is 0 Å². The fourth-order valence-electron chi connectivity index (χ4n) is 2.57. The molecule has 1 N–H and O–H groups in total. The second-order valence-electron chi connectivity index (χ2n) is 7.74. The van der Waals surface area contributed by atoms with E-state index in [0.717, 1.165) is 5.56 Å². The monoisotopic (exact) mass is 441 g/mol. The molecule has 0 atom stereocenters. The molecular formula is C23H27N3O6. The molecule has 1 aromatic carbocycles. The number of amides is 1. The zero-order chi connectivity index (χ0) is 23.7. The summed E-state index contributed by atoms with van der Waals surface area (Å²) in [6, 6.07) is 5.24. The number of methoxy groups -OCH3 is 2. The lowest BCUT2D eigenvalue weighted by molar-refractivity contribution is -0.155. The first-order chi connectivity index (χ1) is 15.1. The average molecular weight is 441 g/mol. The van der Waals surface area contributed by atoms with E-state index in [9.17, 15) is 14.4 Å². The molecule has 32 heavy (non-hydrogen) atoms. The lowest BCUT2D eigenvalue weighted by atomic mass is 10.1. The summed E-state index contributed by atoms with van der Waals surface area (Å²) in [5, 5.41) is 2.53. The van der Waals surface area contributed by atoms with Crippen molar-refractivity contribution >= 4 is 29.6 Å². The van der Waals surface area contributed by atoms with E-state index in [-0.39, 0.29) is 24.4 Å². The van der Waals surface area contributed by atoms with Crippen LogP contribution >= 0.6 is 0 Å². The molecule has 1 amide bonds. The molecule has 0 saturated carbocycles. The van der Waals surface area contributed by atoms with E-state index >= 15 is 0 Å². The van der Waals surface area contributed by atoms with Crippen molar-refractivity contribution < 1.29 is 28.6 Å². The molecule has 1 heterocycles. The molecule has 0 radical (unpaired) electrons. The van der Waals surface area contributed by atoms with E-state index in [1.807, 2.05) is 0 Å². The van der Waals surface area contributed by atoms with Crippen molar-refractivity contribution in [2.45, 2.75) is 39.2 Å². The van der Waals surface area contributed by atoms with Gasteiger partial charge in [0.1, 0.15) is 11.3 Å². The summed E-state index contributed by atoms with van der Waals surface area (Å²) in [6.45, 7) is 5.26. The largest absolute Gasteiger partial charge is 0.493 e. The van der Waals surface area contributed by atoms with Gasteiger partial charge in [-0.2, -0.15) is 0 Å². The maximum absolute atomic E-state index is 12.5. The number of hydrogen-bond acceptors (Lipinski definition) is 8. The van der Waals surface area contributed by atoms with Crippen molar-refractivity contribution in [3.05, 3.63) is 47.9 Å². The number of ketones is 1. The molecule has 2 rings (SSSR count). The summed E-state index contributed by atoms with van der Waals surface area (Å²) in [7, 11) is 3.07. The summed E-state index contributed by atoms with van der Waals surface area (Å²) in [5.41, 5.74) is 0.181. The normalized spacial score (nSPS) is 11.2. The van der Waals surface area contributed by atoms with E-state index < -0.39 is 23.3 Å². The SMILES string of the molecule is COc1ccc(C=CC(=O)c2cncc(NC(=O)CCC(=O)OC(C)(C)C)n2)cc1OC. The molecule has 0 aliphatic rings. The third-order valence-electron chi connectivity index (χ3n) is 3.97. The van der Waals surface area contributed by atoms with Gasteiger partial charge >= 0.3 is 5.97 Å². The van der Waals surface area contributed by atoms with Crippen molar-refractivity contribution in [1.82, 2.24) is 9.97 Å². The predicted molar refractivity (Wildman–Crippen MR) is 119 cm³/mol. The number of aromatic nitrogens is 2. The third-order valence-corrected chi connectivity index (χ3v) is 3.97. The maximum Gasteiger partial charge on any atom is 0.306 e. The highest BCUT2D eigenvalue weighted by atomic mass is 16.6. The standard InChI is InChI=1S/C23H27N3O6/c1-23(2,3)32-22(29)11-10-21(28)26-20-14-24-13-16(25-20)17(27)8-6-15-7-9-18(30-4)19(12-15)31-5/h6-9,12-14H,10-11H2,1-5H3,(H,25,26,28). The molecule has 170 valence electrons. The minimum atomic E-state index is -0.613. The molecule has 0 saturated heterocycles. The van der Waals surface area contributed by atoms with Crippen LogP contribution in [-0.4, -0.2) is 47.4 Å². The van der Waals surface area contributed by atoms with Crippen LogP contribution in [0.15, 0.2) is 36.7 Å². The zero-order valence-corrected chi connectivity index (χ0v) is 18.8. The number of esters is 1. The number of benzene rings is 1. The van der Waals surface area contributed by atoms with Gasteiger partial charge in [-0.05, 0) is 44.5 Å². The van der Waals surface area contributed by atoms with E-state index in [1.165, 1.54) is 25.6 Å².